The van der Waals surface area contributed by atoms with Crippen molar-refractivity contribution < 1.29 is 17.6 Å². The Morgan fingerprint density at radius 3 is 2.58 bits per heavy atom. The molecule has 2 fully saturated rings. The third kappa shape index (κ3) is 5.32. The van der Waals surface area contributed by atoms with E-state index in [1.165, 1.54) is 16.6 Å². The normalized spacial score (nSPS) is 20.3. The lowest BCUT2D eigenvalue weighted by Gasteiger charge is -2.43. The number of nitrogens with zero attached hydrogens (tertiary/aromatic N) is 4. The Balaban J connectivity index is 1.37. The quantitative estimate of drug-likeness (QED) is 0.668. The lowest BCUT2D eigenvalue weighted by molar-refractivity contribution is 0.126. The summed E-state index contributed by atoms with van der Waals surface area (Å²) in [5, 5.41) is 5.18. The molecule has 2 aromatic rings. The molecule has 1 aromatic carbocycles. The second kappa shape index (κ2) is 9.72. The number of amides is 2. The minimum absolute atomic E-state index is 0.0807. The monoisotopic (exact) mass is 476 g/mol. The molecule has 11 heteroatoms. The van der Waals surface area contributed by atoms with Gasteiger partial charge in [0.1, 0.15) is 0 Å². The maximum Gasteiger partial charge on any atom is 0.323 e. The number of urea groups is 1. The Bertz CT molecular complexity index is 1110. The van der Waals surface area contributed by atoms with Gasteiger partial charge in [-0.1, -0.05) is 12.1 Å². The highest BCUT2D eigenvalue weighted by Crippen LogP contribution is 2.24. The lowest BCUT2D eigenvalue weighted by Crippen LogP contribution is -2.59. The number of anilines is 2. The van der Waals surface area contributed by atoms with Gasteiger partial charge in [-0.15, -0.1) is 0 Å². The van der Waals surface area contributed by atoms with Crippen LogP contribution in [0, 0.1) is 12.7 Å². The first-order valence-corrected chi connectivity index (χ1v) is 12.4. The molecule has 2 saturated heterocycles. The fraction of sp³-hybridized carbons (Fsp3) is 0.455. The highest BCUT2D eigenvalue weighted by molar-refractivity contribution is 7.86. The van der Waals surface area contributed by atoms with Crippen LogP contribution in [0.4, 0.5) is 20.6 Å². The molecular formula is C22H29FN6O3S. The third-order valence-corrected chi connectivity index (χ3v) is 8.13. The van der Waals surface area contributed by atoms with Crippen LogP contribution in [-0.4, -0.2) is 71.7 Å². The maximum atomic E-state index is 15.1. The number of pyridine rings is 1. The molecule has 0 unspecified atom stereocenters. The van der Waals surface area contributed by atoms with Crippen molar-refractivity contribution in [3.8, 4) is 0 Å². The predicted octanol–water partition coefficient (Wildman–Crippen LogP) is 2.63. The number of carbonyl (C=O) groups is 1. The topological polar surface area (TPSA) is 97.9 Å². The van der Waals surface area contributed by atoms with Crippen molar-refractivity contribution in [2.75, 3.05) is 43.4 Å². The van der Waals surface area contributed by atoms with Crippen LogP contribution < -0.4 is 10.6 Å². The molecule has 2 amide bonds. The Kier molecular flexibility index (Phi) is 6.94. The SMILES string of the molecule is Cc1ccc(NC(=O)Nc2cccc(CN3CCN(S(=O)(=O)N4CCC4)[C@H](C)C3)c2F)cn1. The number of aryl methyl sites for hydroxylation is 1. The van der Waals surface area contributed by atoms with Crippen LogP contribution in [0.25, 0.3) is 0 Å². The van der Waals surface area contributed by atoms with Gasteiger partial charge in [-0.05, 0) is 38.5 Å². The number of rotatable bonds is 6. The average Bonchev–Trinajstić information content (AvgIpc) is 2.71. The van der Waals surface area contributed by atoms with E-state index in [1.807, 2.05) is 18.7 Å². The lowest BCUT2D eigenvalue weighted by atomic mass is 10.1. The zero-order valence-corrected chi connectivity index (χ0v) is 19.6. The van der Waals surface area contributed by atoms with Gasteiger partial charge in [-0.3, -0.25) is 9.88 Å². The molecule has 1 atom stereocenters. The van der Waals surface area contributed by atoms with Gasteiger partial charge in [0.15, 0.2) is 5.82 Å². The largest absolute Gasteiger partial charge is 0.323 e. The Morgan fingerprint density at radius 2 is 1.94 bits per heavy atom. The van der Waals surface area contributed by atoms with Crippen molar-refractivity contribution in [3.63, 3.8) is 0 Å². The fourth-order valence-electron chi connectivity index (χ4n) is 4.03. The Hall–Kier alpha value is -2.60. The van der Waals surface area contributed by atoms with Gasteiger partial charge in [0.05, 0.1) is 17.6 Å². The second-order valence-electron chi connectivity index (χ2n) is 8.50. The molecular weight excluding hydrogens is 447 g/mol. The number of piperazine rings is 1. The van der Waals surface area contributed by atoms with E-state index in [2.05, 4.69) is 15.6 Å². The molecule has 3 heterocycles. The second-order valence-corrected chi connectivity index (χ2v) is 10.4. The number of carbonyl (C=O) groups excluding carboxylic acids is 1. The molecule has 178 valence electrons. The predicted molar refractivity (Wildman–Crippen MR) is 125 cm³/mol. The van der Waals surface area contributed by atoms with Crippen LogP contribution in [0.1, 0.15) is 24.6 Å². The van der Waals surface area contributed by atoms with E-state index in [9.17, 15) is 13.2 Å². The summed E-state index contributed by atoms with van der Waals surface area (Å²) in [4.78, 5) is 18.4. The van der Waals surface area contributed by atoms with Crippen LogP contribution in [0.3, 0.4) is 0 Å². The van der Waals surface area contributed by atoms with Crippen molar-refractivity contribution in [1.82, 2.24) is 18.5 Å². The molecule has 9 nitrogen and oxygen atoms in total. The molecule has 4 rings (SSSR count). The minimum Gasteiger partial charge on any atom is -0.306 e. The molecule has 0 bridgehead atoms. The minimum atomic E-state index is -3.42. The smallest absolute Gasteiger partial charge is 0.306 e. The highest BCUT2D eigenvalue weighted by atomic mass is 32.2. The first-order valence-electron chi connectivity index (χ1n) is 11.0. The van der Waals surface area contributed by atoms with Crippen molar-refractivity contribution in [3.05, 3.63) is 53.6 Å². The van der Waals surface area contributed by atoms with Crippen LogP contribution in [-0.2, 0) is 16.8 Å². The van der Waals surface area contributed by atoms with Crippen molar-refractivity contribution >= 4 is 27.6 Å². The maximum absolute atomic E-state index is 15.1. The number of hydrogen-bond donors (Lipinski definition) is 2. The van der Waals surface area contributed by atoms with Gasteiger partial charge in [0.2, 0.25) is 0 Å². The summed E-state index contributed by atoms with van der Waals surface area (Å²) in [5.41, 5.74) is 1.86. The number of hydrogen-bond acceptors (Lipinski definition) is 5. The number of nitrogens with one attached hydrogen (secondary N) is 2. The molecule has 2 aliphatic heterocycles. The van der Waals surface area contributed by atoms with E-state index in [-0.39, 0.29) is 11.7 Å². The number of aromatic nitrogens is 1. The highest BCUT2D eigenvalue weighted by Gasteiger charge is 2.38. The molecule has 0 spiro atoms. The Labute approximate surface area is 193 Å². The Morgan fingerprint density at radius 1 is 1.15 bits per heavy atom. The summed E-state index contributed by atoms with van der Waals surface area (Å²) in [6.45, 7) is 6.58. The van der Waals surface area contributed by atoms with Gasteiger partial charge in [0.25, 0.3) is 10.2 Å². The summed E-state index contributed by atoms with van der Waals surface area (Å²) in [6, 6.07) is 7.60. The fourth-order valence-corrected chi connectivity index (χ4v) is 5.88. The first-order chi connectivity index (χ1) is 15.7. The van der Waals surface area contributed by atoms with Crippen molar-refractivity contribution in [2.24, 2.45) is 0 Å². The summed E-state index contributed by atoms with van der Waals surface area (Å²) in [7, 11) is -3.42. The van der Waals surface area contributed by atoms with Gasteiger partial charge < -0.3 is 10.6 Å². The van der Waals surface area contributed by atoms with Crippen LogP contribution in [0.2, 0.25) is 0 Å². The van der Waals surface area contributed by atoms with E-state index in [0.29, 0.717) is 50.5 Å². The molecule has 0 saturated carbocycles. The van der Waals surface area contributed by atoms with Gasteiger partial charge in [-0.2, -0.15) is 17.0 Å². The summed E-state index contributed by atoms with van der Waals surface area (Å²) < 4.78 is 43.6. The molecule has 0 radical (unpaired) electrons. The number of benzene rings is 1. The molecule has 2 N–H and O–H groups in total. The molecule has 0 aliphatic carbocycles. The van der Waals surface area contributed by atoms with Gasteiger partial charge in [-0.25, -0.2) is 9.18 Å². The zero-order valence-electron chi connectivity index (χ0n) is 18.8. The van der Waals surface area contributed by atoms with Crippen molar-refractivity contribution in [1.29, 1.82) is 0 Å². The van der Waals surface area contributed by atoms with E-state index >= 15 is 4.39 Å². The molecule has 1 aromatic heterocycles. The average molecular weight is 477 g/mol. The van der Waals surface area contributed by atoms with E-state index < -0.39 is 22.1 Å². The van der Waals surface area contributed by atoms with Crippen molar-refractivity contribution in [2.45, 2.75) is 32.9 Å². The van der Waals surface area contributed by atoms with Gasteiger partial charge >= 0.3 is 6.03 Å². The zero-order chi connectivity index (χ0) is 23.6. The van der Waals surface area contributed by atoms with E-state index in [1.54, 1.807) is 28.6 Å². The summed E-state index contributed by atoms with van der Waals surface area (Å²) >= 11 is 0. The standard InChI is InChI=1S/C22H29FN6O3S/c1-16-7-8-19(13-24-16)25-22(30)26-20-6-3-5-18(21(20)23)15-27-11-12-29(17(2)14-27)33(31,32)28-9-4-10-28/h3,5-8,13,17H,4,9-12,14-15H2,1-2H3,(H2,25,26,30)/t17-/m1/s1. The van der Waals surface area contributed by atoms with E-state index in [0.717, 1.165) is 12.1 Å². The van der Waals surface area contributed by atoms with E-state index in [4.69, 9.17) is 0 Å². The van der Waals surface area contributed by atoms with Gasteiger partial charge in [0, 0.05) is 56.6 Å². The van der Waals surface area contributed by atoms with Crippen LogP contribution >= 0.6 is 0 Å². The van der Waals surface area contributed by atoms with Crippen LogP contribution in [0.5, 0.6) is 0 Å². The summed E-state index contributed by atoms with van der Waals surface area (Å²) in [5.74, 6) is -0.502. The third-order valence-electron chi connectivity index (χ3n) is 5.98. The van der Waals surface area contributed by atoms with Crippen LogP contribution in [0.15, 0.2) is 36.5 Å². The summed E-state index contributed by atoms with van der Waals surface area (Å²) in [6.07, 6.45) is 2.43. The molecule has 2 aliphatic rings. The number of halogens is 1. The first kappa shape index (κ1) is 23.6. The molecule has 33 heavy (non-hydrogen) atoms.